The fourth-order valence-electron chi connectivity index (χ4n) is 4.13. The molecule has 2 heterocycles. The van der Waals surface area contributed by atoms with Crippen molar-refractivity contribution >= 4 is 5.78 Å². The van der Waals surface area contributed by atoms with Gasteiger partial charge in [0.1, 0.15) is 11.5 Å². The number of carbonyl (C=O) groups excluding carboxylic acids is 1. The van der Waals surface area contributed by atoms with Gasteiger partial charge in [-0.25, -0.2) is 9.37 Å². The standard InChI is InChI=1S/C24H24FN3O2/c25-19-5-2-1-4-18(19)21-6-3-7-22(28-21)24(30)13-16-14-27-11-10-17(16)15-8-9-23(29)20(26)12-15/h1-7,10-11,14-15,20,23,29H,8-9,12-13,26H2/t15-,20-,23+/m1/s1. The lowest BCUT2D eigenvalue weighted by Gasteiger charge is -2.32. The number of pyridine rings is 2. The molecule has 154 valence electrons. The van der Waals surface area contributed by atoms with Gasteiger partial charge in [0, 0.05) is 30.4 Å². The number of rotatable bonds is 5. The summed E-state index contributed by atoms with van der Waals surface area (Å²) in [7, 11) is 0. The monoisotopic (exact) mass is 405 g/mol. The molecule has 1 saturated carbocycles. The third-order valence-corrected chi connectivity index (χ3v) is 5.78. The molecule has 1 fully saturated rings. The number of halogens is 1. The zero-order valence-corrected chi connectivity index (χ0v) is 16.5. The van der Waals surface area contributed by atoms with Crippen molar-refractivity contribution in [2.75, 3.05) is 0 Å². The zero-order valence-electron chi connectivity index (χ0n) is 16.5. The lowest BCUT2D eigenvalue weighted by atomic mass is 9.78. The molecule has 2 aromatic heterocycles. The highest BCUT2D eigenvalue weighted by molar-refractivity contribution is 5.96. The van der Waals surface area contributed by atoms with Gasteiger partial charge < -0.3 is 10.8 Å². The first-order chi connectivity index (χ1) is 14.5. The molecule has 0 bridgehead atoms. The number of hydrogen-bond acceptors (Lipinski definition) is 5. The van der Waals surface area contributed by atoms with Gasteiger partial charge in [0.25, 0.3) is 0 Å². The number of benzene rings is 1. The van der Waals surface area contributed by atoms with Crippen molar-refractivity contribution in [3.05, 3.63) is 83.6 Å². The van der Waals surface area contributed by atoms with E-state index < -0.39 is 6.10 Å². The maximum absolute atomic E-state index is 14.1. The SMILES string of the molecule is N[C@@H]1C[C@H](c2ccncc2CC(=O)c2cccc(-c3ccccc3F)n2)CC[C@@H]1O. The maximum atomic E-state index is 14.1. The quantitative estimate of drug-likeness (QED) is 0.633. The highest BCUT2D eigenvalue weighted by Crippen LogP contribution is 2.34. The van der Waals surface area contributed by atoms with E-state index in [0.29, 0.717) is 29.8 Å². The highest BCUT2D eigenvalue weighted by Gasteiger charge is 2.29. The lowest BCUT2D eigenvalue weighted by molar-refractivity contribution is 0.0977. The Kier molecular flexibility index (Phi) is 5.97. The molecule has 4 rings (SSSR count). The highest BCUT2D eigenvalue weighted by atomic mass is 19.1. The van der Waals surface area contributed by atoms with E-state index in [-0.39, 0.29) is 30.0 Å². The zero-order chi connectivity index (χ0) is 21.1. The van der Waals surface area contributed by atoms with Crippen LogP contribution in [0, 0.1) is 5.82 Å². The minimum absolute atomic E-state index is 0.150. The Hall–Kier alpha value is -2.96. The molecule has 3 aromatic rings. The Balaban J connectivity index is 1.57. The van der Waals surface area contributed by atoms with Crippen LogP contribution in [0.5, 0.6) is 0 Å². The summed E-state index contributed by atoms with van der Waals surface area (Å²) in [6, 6.07) is 13.1. The molecule has 6 heteroatoms. The van der Waals surface area contributed by atoms with Crippen LogP contribution in [0.4, 0.5) is 4.39 Å². The van der Waals surface area contributed by atoms with Crippen molar-refractivity contribution in [1.82, 2.24) is 9.97 Å². The Labute approximate surface area is 174 Å². The lowest BCUT2D eigenvalue weighted by Crippen LogP contribution is -2.39. The Morgan fingerprint density at radius 1 is 1.13 bits per heavy atom. The molecular weight excluding hydrogens is 381 g/mol. The van der Waals surface area contributed by atoms with Gasteiger partial charge in [-0.1, -0.05) is 18.2 Å². The number of nitrogens with zero attached hydrogens (tertiary/aromatic N) is 2. The van der Waals surface area contributed by atoms with Gasteiger partial charge in [-0.2, -0.15) is 0 Å². The fourth-order valence-corrected chi connectivity index (χ4v) is 4.13. The first kappa shape index (κ1) is 20.3. The Bertz CT molecular complexity index is 1060. The van der Waals surface area contributed by atoms with Gasteiger partial charge in [-0.15, -0.1) is 0 Å². The number of aliphatic hydroxyl groups is 1. The summed E-state index contributed by atoms with van der Waals surface area (Å²) in [5.41, 5.74) is 9.03. The minimum atomic E-state index is -0.474. The van der Waals surface area contributed by atoms with Crippen LogP contribution in [0.25, 0.3) is 11.3 Å². The number of ketones is 1. The van der Waals surface area contributed by atoms with Crippen molar-refractivity contribution < 1.29 is 14.3 Å². The van der Waals surface area contributed by atoms with Crippen molar-refractivity contribution in [3.63, 3.8) is 0 Å². The summed E-state index contributed by atoms with van der Waals surface area (Å²) in [6.07, 6.45) is 5.26. The average molecular weight is 405 g/mol. The molecule has 1 aliphatic carbocycles. The summed E-state index contributed by atoms with van der Waals surface area (Å²) in [5, 5.41) is 9.92. The molecule has 0 spiro atoms. The average Bonchev–Trinajstić information content (AvgIpc) is 2.76. The van der Waals surface area contributed by atoms with E-state index in [1.807, 2.05) is 6.07 Å². The van der Waals surface area contributed by atoms with Crippen LogP contribution in [0.3, 0.4) is 0 Å². The third-order valence-electron chi connectivity index (χ3n) is 5.78. The number of hydrogen-bond donors (Lipinski definition) is 2. The van der Waals surface area contributed by atoms with E-state index >= 15 is 0 Å². The number of aliphatic hydroxyl groups excluding tert-OH is 1. The number of aromatic nitrogens is 2. The van der Waals surface area contributed by atoms with E-state index in [4.69, 9.17) is 5.73 Å². The van der Waals surface area contributed by atoms with Crippen LogP contribution in [0.15, 0.2) is 60.9 Å². The van der Waals surface area contributed by atoms with Gasteiger partial charge in [-0.3, -0.25) is 9.78 Å². The van der Waals surface area contributed by atoms with Crippen LogP contribution < -0.4 is 5.73 Å². The van der Waals surface area contributed by atoms with E-state index in [9.17, 15) is 14.3 Å². The van der Waals surface area contributed by atoms with E-state index in [2.05, 4.69) is 9.97 Å². The Morgan fingerprint density at radius 3 is 2.77 bits per heavy atom. The topological polar surface area (TPSA) is 89.1 Å². The first-order valence-corrected chi connectivity index (χ1v) is 10.1. The first-order valence-electron chi connectivity index (χ1n) is 10.1. The van der Waals surface area contributed by atoms with Crippen LogP contribution in [0.2, 0.25) is 0 Å². The predicted octanol–water partition coefficient (Wildman–Crippen LogP) is 3.66. The maximum Gasteiger partial charge on any atom is 0.185 e. The molecule has 0 aliphatic heterocycles. The van der Waals surface area contributed by atoms with Gasteiger partial charge in [0.2, 0.25) is 0 Å². The molecule has 30 heavy (non-hydrogen) atoms. The van der Waals surface area contributed by atoms with Crippen LogP contribution >= 0.6 is 0 Å². The number of nitrogens with two attached hydrogens (primary N) is 1. The normalized spacial score (nSPS) is 21.4. The van der Waals surface area contributed by atoms with Crippen LogP contribution in [-0.2, 0) is 6.42 Å². The van der Waals surface area contributed by atoms with E-state index in [1.165, 1.54) is 6.07 Å². The van der Waals surface area contributed by atoms with Crippen molar-refractivity contribution in [1.29, 1.82) is 0 Å². The van der Waals surface area contributed by atoms with Crippen molar-refractivity contribution in [3.8, 4) is 11.3 Å². The van der Waals surface area contributed by atoms with Gasteiger partial charge in [0.05, 0.1) is 11.8 Å². The second kappa shape index (κ2) is 8.81. The molecule has 3 N–H and O–H groups in total. The summed E-state index contributed by atoms with van der Waals surface area (Å²) < 4.78 is 14.1. The molecular formula is C24H24FN3O2. The molecule has 0 amide bonds. The fraction of sp³-hybridized carbons (Fsp3) is 0.292. The van der Waals surface area contributed by atoms with Gasteiger partial charge in [-0.05, 0) is 66.6 Å². The van der Waals surface area contributed by atoms with Crippen molar-refractivity contribution in [2.45, 2.75) is 43.7 Å². The largest absolute Gasteiger partial charge is 0.392 e. The minimum Gasteiger partial charge on any atom is -0.392 e. The Morgan fingerprint density at radius 2 is 1.97 bits per heavy atom. The molecule has 0 unspecified atom stereocenters. The molecule has 1 aliphatic rings. The van der Waals surface area contributed by atoms with Crippen LogP contribution in [0.1, 0.15) is 46.8 Å². The van der Waals surface area contributed by atoms with Crippen molar-refractivity contribution in [2.24, 2.45) is 5.73 Å². The smallest absolute Gasteiger partial charge is 0.185 e. The predicted molar refractivity (Wildman–Crippen MR) is 112 cm³/mol. The number of carbonyl (C=O) groups is 1. The second-order valence-electron chi connectivity index (χ2n) is 7.80. The van der Waals surface area contributed by atoms with Crippen LogP contribution in [-0.4, -0.2) is 33.0 Å². The molecule has 0 radical (unpaired) electrons. The summed E-state index contributed by atoms with van der Waals surface area (Å²) in [6.45, 7) is 0. The van der Waals surface area contributed by atoms with Gasteiger partial charge >= 0.3 is 0 Å². The van der Waals surface area contributed by atoms with Gasteiger partial charge in [0.15, 0.2) is 5.78 Å². The van der Waals surface area contributed by atoms with E-state index in [0.717, 1.165) is 17.5 Å². The number of Topliss-reactive ketones (excluding diaryl/α,β-unsaturated/α-hetero) is 1. The summed E-state index contributed by atoms with van der Waals surface area (Å²) in [4.78, 5) is 21.6. The third kappa shape index (κ3) is 4.30. The molecule has 1 aromatic carbocycles. The summed E-state index contributed by atoms with van der Waals surface area (Å²) in [5.74, 6) is -0.338. The molecule has 5 nitrogen and oxygen atoms in total. The summed E-state index contributed by atoms with van der Waals surface area (Å²) >= 11 is 0. The van der Waals surface area contributed by atoms with E-state index in [1.54, 1.807) is 48.8 Å². The molecule has 3 atom stereocenters. The second-order valence-corrected chi connectivity index (χ2v) is 7.80. The molecule has 0 saturated heterocycles.